The van der Waals surface area contributed by atoms with E-state index in [0.29, 0.717) is 6.04 Å². The van der Waals surface area contributed by atoms with Gasteiger partial charge in [-0.05, 0) is 13.3 Å². The normalized spacial score (nSPS) is 12.8. The first kappa shape index (κ1) is 15.6. The van der Waals surface area contributed by atoms with E-state index in [-0.39, 0.29) is 0 Å². The number of nitrogens with one attached hydrogen (secondary N) is 1. The molecule has 0 aliphatic carbocycles. The molecule has 0 bridgehead atoms. The van der Waals surface area contributed by atoms with Crippen LogP contribution < -0.4 is 11.3 Å². The maximum Gasteiger partial charge on any atom is 0.0897 e. The van der Waals surface area contributed by atoms with Gasteiger partial charge in [-0.25, -0.2) is 4.98 Å². The molecule has 18 heavy (non-hydrogen) atoms. The summed E-state index contributed by atoms with van der Waals surface area (Å²) in [6, 6.07) is 0.373. The molecule has 0 aromatic carbocycles. The topological polar surface area (TPSA) is 50.9 Å². The van der Waals surface area contributed by atoms with Gasteiger partial charge >= 0.3 is 0 Å². The lowest BCUT2D eigenvalue weighted by Crippen LogP contribution is -2.36. The van der Waals surface area contributed by atoms with Crippen molar-refractivity contribution < 1.29 is 0 Å². The lowest BCUT2D eigenvalue weighted by Gasteiger charge is -2.14. The second-order valence-corrected chi connectivity index (χ2v) is 6.04. The van der Waals surface area contributed by atoms with E-state index in [9.17, 15) is 0 Å². The number of hydrogen-bond acceptors (Lipinski definition) is 4. The first-order valence-corrected chi connectivity index (χ1v) is 8.01. The Hall–Kier alpha value is -0.450. The summed E-state index contributed by atoms with van der Waals surface area (Å²) in [7, 11) is 0. The molecule has 1 atom stereocenters. The van der Waals surface area contributed by atoms with E-state index in [1.807, 2.05) is 6.92 Å². The molecule has 1 rings (SSSR count). The maximum atomic E-state index is 5.62. The standard InChI is InChI=1S/C14H27N3S/c1-3-4-5-6-7-8-9-13(17-15)10-14-11-18-12(2)16-14/h11,13,17H,3-10,15H2,1-2H3. The summed E-state index contributed by atoms with van der Waals surface area (Å²) in [5.74, 6) is 5.62. The monoisotopic (exact) mass is 269 g/mol. The van der Waals surface area contributed by atoms with Crippen molar-refractivity contribution in [2.45, 2.75) is 71.3 Å². The summed E-state index contributed by atoms with van der Waals surface area (Å²) >= 11 is 1.71. The minimum Gasteiger partial charge on any atom is -0.271 e. The number of hydrazine groups is 1. The molecule has 3 nitrogen and oxygen atoms in total. The Morgan fingerprint density at radius 2 is 2.00 bits per heavy atom. The molecule has 1 heterocycles. The third kappa shape index (κ3) is 6.47. The molecule has 1 aromatic heterocycles. The zero-order valence-electron chi connectivity index (χ0n) is 11.7. The van der Waals surface area contributed by atoms with Gasteiger partial charge in [-0.3, -0.25) is 11.3 Å². The fraction of sp³-hybridized carbons (Fsp3) is 0.786. The van der Waals surface area contributed by atoms with Crippen LogP contribution >= 0.6 is 11.3 Å². The fourth-order valence-corrected chi connectivity index (χ4v) is 2.80. The number of aromatic nitrogens is 1. The van der Waals surface area contributed by atoms with E-state index in [1.54, 1.807) is 11.3 Å². The van der Waals surface area contributed by atoms with Crippen LogP contribution in [0.3, 0.4) is 0 Å². The minimum atomic E-state index is 0.373. The van der Waals surface area contributed by atoms with Gasteiger partial charge in [-0.1, -0.05) is 45.4 Å². The summed E-state index contributed by atoms with van der Waals surface area (Å²) in [5.41, 5.74) is 4.10. The third-order valence-electron chi connectivity index (χ3n) is 3.26. The lowest BCUT2D eigenvalue weighted by molar-refractivity contribution is 0.457. The van der Waals surface area contributed by atoms with Gasteiger partial charge in [-0.15, -0.1) is 11.3 Å². The number of rotatable bonds is 10. The van der Waals surface area contributed by atoms with Crippen molar-refractivity contribution >= 4 is 11.3 Å². The van der Waals surface area contributed by atoms with Crippen molar-refractivity contribution in [3.8, 4) is 0 Å². The quantitative estimate of drug-likeness (QED) is 0.388. The Morgan fingerprint density at radius 3 is 2.61 bits per heavy atom. The highest BCUT2D eigenvalue weighted by molar-refractivity contribution is 7.09. The lowest BCUT2D eigenvalue weighted by atomic mass is 10.0. The van der Waals surface area contributed by atoms with Gasteiger partial charge in [0.15, 0.2) is 0 Å². The van der Waals surface area contributed by atoms with Gasteiger partial charge in [0.1, 0.15) is 0 Å². The van der Waals surface area contributed by atoms with Crippen LogP contribution in [0.5, 0.6) is 0 Å². The molecule has 4 heteroatoms. The molecule has 0 aliphatic heterocycles. The van der Waals surface area contributed by atoms with E-state index in [0.717, 1.165) is 17.8 Å². The van der Waals surface area contributed by atoms with E-state index in [2.05, 4.69) is 22.7 Å². The van der Waals surface area contributed by atoms with Crippen LogP contribution in [0.2, 0.25) is 0 Å². The van der Waals surface area contributed by atoms with Crippen molar-refractivity contribution in [1.29, 1.82) is 0 Å². The number of nitrogens with two attached hydrogens (primary N) is 1. The van der Waals surface area contributed by atoms with E-state index in [1.165, 1.54) is 44.2 Å². The highest BCUT2D eigenvalue weighted by atomic mass is 32.1. The van der Waals surface area contributed by atoms with Crippen LogP contribution in [-0.2, 0) is 6.42 Å². The van der Waals surface area contributed by atoms with Gasteiger partial charge in [0.25, 0.3) is 0 Å². The molecular formula is C14H27N3S. The van der Waals surface area contributed by atoms with Crippen molar-refractivity contribution in [2.75, 3.05) is 0 Å². The highest BCUT2D eigenvalue weighted by Gasteiger charge is 2.09. The number of unbranched alkanes of at least 4 members (excludes halogenated alkanes) is 5. The average molecular weight is 269 g/mol. The molecule has 1 unspecified atom stereocenters. The summed E-state index contributed by atoms with van der Waals surface area (Å²) in [5, 5.41) is 3.28. The highest BCUT2D eigenvalue weighted by Crippen LogP contribution is 2.13. The van der Waals surface area contributed by atoms with Gasteiger partial charge in [0.2, 0.25) is 0 Å². The molecule has 0 saturated heterocycles. The maximum absolute atomic E-state index is 5.62. The van der Waals surface area contributed by atoms with Crippen molar-refractivity contribution in [3.63, 3.8) is 0 Å². The zero-order valence-corrected chi connectivity index (χ0v) is 12.6. The molecule has 0 radical (unpaired) electrons. The van der Waals surface area contributed by atoms with Gasteiger partial charge in [-0.2, -0.15) is 0 Å². The van der Waals surface area contributed by atoms with Crippen LogP contribution in [0, 0.1) is 6.92 Å². The van der Waals surface area contributed by atoms with Crippen molar-refractivity contribution in [2.24, 2.45) is 5.84 Å². The van der Waals surface area contributed by atoms with Crippen molar-refractivity contribution in [3.05, 3.63) is 16.1 Å². The Kier molecular flexibility index (Phi) is 8.22. The summed E-state index contributed by atoms with van der Waals surface area (Å²) in [6.07, 6.45) is 10.1. The second kappa shape index (κ2) is 9.48. The van der Waals surface area contributed by atoms with Crippen molar-refractivity contribution in [1.82, 2.24) is 10.4 Å². The SMILES string of the molecule is CCCCCCCCC(Cc1csc(C)n1)NN. The smallest absolute Gasteiger partial charge is 0.0897 e. The largest absolute Gasteiger partial charge is 0.271 e. The van der Waals surface area contributed by atoms with Crippen LogP contribution in [0.15, 0.2) is 5.38 Å². The molecule has 104 valence electrons. The Bertz CT molecular complexity index is 312. The molecule has 0 saturated carbocycles. The zero-order chi connectivity index (χ0) is 13.2. The van der Waals surface area contributed by atoms with Gasteiger partial charge < -0.3 is 0 Å². The summed E-state index contributed by atoms with van der Waals surface area (Å²) in [6.45, 7) is 4.30. The Balaban J connectivity index is 2.13. The predicted octanol–water partition coefficient (Wildman–Crippen LogP) is 3.58. The van der Waals surface area contributed by atoms with Crippen LogP contribution in [0.4, 0.5) is 0 Å². The molecular weight excluding hydrogens is 242 g/mol. The Labute approximate surface area is 115 Å². The predicted molar refractivity (Wildman–Crippen MR) is 79.7 cm³/mol. The minimum absolute atomic E-state index is 0.373. The van der Waals surface area contributed by atoms with E-state index >= 15 is 0 Å². The molecule has 3 N–H and O–H groups in total. The summed E-state index contributed by atoms with van der Waals surface area (Å²) < 4.78 is 0. The molecule has 0 aliphatic rings. The van der Waals surface area contributed by atoms with Crippen LogP contribution in [0.25, 0.3) is 0 Å². The van der Waals surface area contributed by atoms with E-state index < -0.39 is 0 Å². The van der Waals surface area contributed by atoms with E-state index in [4.69, 9.17) is 5.84 Å². The fourth-order valence-electron chi connectivity index (χ4n) is 2.17. The molecule has 0 amide bonds. The Morgan fingerprint density at radius 1 is 1.28 bits per heavy atom. The second-order valence-electron chi connectivity index (χ2n) is 4.98. The third-order valence-corrected chi connectivity index (χ3v) is 4.09. The average Bonchev–Trinajstić information content (AvgIpc) is 2.77. The van der Waals surface area contributed by atoms with Gasteiger partial charge in [0.05, 0.1) is 10.7 Å². The molecule has 0 fully saturated rings. The number of hydrogen-bond donors (Lipinski definition) is 2. The van der Waals surface area contributed by atoms with Crippen LogP contribution in [-0.4, -0.2) is 11.0 Å². The number of nitrogens with zero attached hydrogens (tertiary/aromatic N) is 1. The molecule has 1 aromatic rings. The number of thiazole rings is 1. The first-order chi connectivity index (χ1) is 8.76. The van der Waals surface area contributed by atoms with Crippen LogP contribution in [0.1, 0.15) is 62.6 Å². The molecule has 0 spiro atoms. The first-order valence-electron chi connectivity index (χ1n) is 7.13. The number of aryl methyl sites for hydroxylation is 1. The van der Waals surface area contributed by atoms with Gasteiger partial charge in [0, 0.05) is 17.8 Å². The summed E-state index contributed by atoms with van der Waals surface area (Å²) in [4.78, 5) is 4.49.